The first-order valence-corrected chi connectivity index (χ1v) is 6.22. The Kier molecular flexibility index (Phi) is 3.55. The summed E-state index contributed by atoms with van der Waals surface area (Å²) in [5.41, 5.74) is 0.118. The number of carbonyl (C=O) groups is 2. The second kappa shape index (κ2) is 4.99. The maximum absolute atomic E-state index is 13.6. The van der Waals surface area contributed by atoms with Gasteiger partial charge in [-0.05, 0) is 25.5 Å². The highest BCUT2D eigenvalue weighted by atomic mass is 19.1. The van der Waals surface area contributed by atoms with Crippen molar-refractivity contribution in [2.75, 3.05) is 25.0 Å². The molecule has 1 aromatic rings. The van der Waals surface area contributed by atoms with Crippen LogP contribution in [0.25, 0.3) is 0 Å². The Morgan fingerprint density at radius 2 is 2.26 bits per heavy atom. The fraction of sp³-hybridized carbons (Fsp3) is 0.429. The Hall–Kier alpha value is -1.91. The average molecular weight is 264 g/mol. The van der Waals surface area contributed by atoms with Crippen LogP contribution in [-0.4, -0.2) is 32.3 Å². The van der Waals surface area contributed by atoms with Crippen molar-refractivity contribution < 1.29 is 14.0 Å². The van der Waals surface area contributed by atoms with Crippen molar-refractivity contribution in [2.24, 2.45) is 5.41 Å². The largest absolute Gasteiger partial charge is 0.370 e. The monoisotopic (exact) mass is 264 g/mol. The third kappa shape index (κ3) is 2.32. The number of halogens is 1. The minimum atomic E-state index is -0.527. The lowest BCUT2D eigenvalue weighted by atomic mass is 9.89. The molecule has 0 radical (unpaired) electrons. The lowest BCUT2D eigenvalue weighted by Crippen LogP contribution is -2.39. The number of amides is 1. The first-order chi connectivity index (χ1) is 9.01. The third-order valence-electron chi connectivity index (χ3n) is 3.74. The predicted octanol–water partition coefficient (Wildman–Crippen LogP) is 1.60. The van der Waals surface area contributed by atoms with E-state index in [1.165, 1.54) is 6.07 Å². The van der Waals surface area contributed by atoms with Gasteiger partial charge < -0.3 is 10.2 Å². The number of hydrogen-bond acceptors (Lipinski definition) is 3. The molecule has 0 bridgehead atoms. The number of rotatable bonds is 3. The van der Waals surface area contributed by atoms with E-state index in [1.54, 1.807) is 19.2 Å². The summed E-state index contributed by atoms with van der Waals surface area (Å²) in [6.07, 6.45) is 1.21. The number of carbonyl (C=O) groups excluding carboxylic acids is 2. The van der Waals surface area contributed by atoms with Crippen LogP contribution in [0.15, 0.2) is 18.2 Å². The molecule has 5 heteroatoms. The van der Waals surface area contributed by atoms with E-state index in [0.29, 0.717) is 31.5 Å². The van der Waals surface area contributed by atoms with Gasteiger partial charge in [-0.15, -0.1) is 0 Å². The van der Waals surface area contributed by atoms with Crippen molar-refractivity contribution >= 4 is 17.9 Å². The van der Waals surface area contributed by atoms with E-state index in [2.05, 4.69) is 5.32 Å². The molecule has 1 atom stereocenters. The zero-order valence-corrected chi connectivity index (χ0v) is 11.1. The molecule has 1 heterocycles. The highest BCUT2D eigenvalue weighted by molar-refractivity contribution is 5.87. The average Bonchev–Trinajstić information content (AvgIpc) is 2.81. The number of anilines is 1. The molecule has 0 aliphatic carbocycles. The summed E-state index contributed by atoms with van der Waals surface area (Å²) in [4.78, 5) is 24.8. The van der Waals surface area contributed by atoms with Gasteiger partial charge in [-0.2, -0.15) is 0 Å². The molecular formula is C14H17FN2O2. The molecule has 0 saturated carbocycles. The van der Waals surface area contributed by atoms with Crippen molar-refractivity contribution in [2.45, 2.75) is 13.3 Å². The number of hydrogen-bond donors (Lipinski definition) is 1. The van der Waals surface area contributed by atoms with Crippen LogP contribution in [0.3, 0.4) is 0 Å². The molecule has 4 nitrogen and oxygen atoms in total. The standard InChI is InChI=1S/C14H17FN2O2/c1-14(13(19)16-2)6-7-17(9-14)12-5-3-4-11(15)10(12)8-18/h3-5,8H,6-7,9H2,1-2H3,(H,16,19). The van der Waals surface area contributed by atoms with Crippen molar-refractivity contribution in [1.82, 2.24) is 5.32 Å². The number of nitrogens with one attached hydrogen (secondary N) is 1. The topological polar surface area (TPSA) is 49.4 Å². The van der Waals surface area contributed by atoms with Crippen LogP contribution in [0.2, 0.25) is 0 Å². The van der Waals surface area contributed by atoms with Crippen LogP contribution < -0.4 is 10.2 Å². The molecule has 1 unspecified atom stereocenters. The molecule has 1 amide bonds. The van der Waals surface area contributed by atoms with E-state index >= 15 is 0 Å². The predicted molar refractivity (Wildman–Crippen MR) is 70.8 cm³/mol. The first kappa shape index (κ1) is 13.5. The number of benzene rings is 1. The van der Waals surface area contributed by atoms with Crippen LogP contribution in [0.4, 0.5) is 10.1 Å². The summed E-state index contributed by atoms with van der Waals surface area (Å²) >= 11 is 0. The van der Waals surface area contributed by atoms with Crippen molar-refractivity contribution in [3.05, 3.63) is 29.6 Å². The molecule has 19 heavy (non-hydrogen) atoms. The van der Waals surface area contributed by atoms with Gasteiger partial charge in [0.1, 0.15) is 5.82 Å². The Labute approximate surface area is 111 Å². The second-order valence-electron chi connectivity index (χ2n) is 5.10. The minimum absolute atomic E-state index is 0.0287. The zero-order valence-electron chi connectivity index (χ0n) is 11.1. The number of aldehydes is 1. The molecule has 1 aromatic carbocycles. The van der Waals surface area contributed by atoms with Gasteiger partial charge in [-0.3, -0.25) is 9.59 Å². The molecule has 1 N–H and O–H groups in total. The SMILES string of the molecule is CNC(=O)C1(C)CCN(c2cccc(F)c2C=O)C1. The molecular weight excluding hydrogens is 247 g/mol. The van der Waals surface area contributed by atoms with Crippen LogP contribution in [0, 0.1) is 11.2 Å². The van der Waals surface area contributed by atoms with E-state index in [9.17, 15) is 14.0 Å². The van der Waals surface area contributed by atoms with E-state index in [0.717, 1.165) is 0 Å². The Morgan fingerprint density at radius 1 is 1.53 bits per heavy atom. The quantitative estimate of drug-likeness (QED) is 0.844. The summed E-state index contributed by atoms with van der Waals surface area (Å²) in [7, 11) is 1.61. The lowest BCUT2D eigenvalue weighted by Gasteiger charge is -2.24. The van der Waals surface area contributed by atoms with Gasteiger partial charge >= 0.3 is 0 Å². The maximum Gasteiger partial charge on any atom is 0.227 e. The van der Waals surface area contributed by atoms with Gasteiger partial charge in [0.05, 0.1) is 16.7 Å². The summed E-state index contributed by atoms with van der Waals surface area (Å²) < 4.78 is 13.6. The van der Waals surface area contributed by atoms with Gasteiger partial charge in [0.25, 0.3) is 0 Å². The molecule has 1 saturated heterocycles. The highest BCUT2D eigenvalue weighted by Crippen LogP contribution is 2.34. The van der Waals surface area contributed by atoms with Crippen LogP contribution in [0.1, 0.15) is 23.7 Å². The maximum atomic E-state index is 13.6. The Balaban J connectivity index is 2.29. The summed E-state index contributed by atoms with van der Waals surface area (Å²) in [6, 6.07) is 4.55. The molecule has 2 rings (SSSR count). The van der Waals surface area contributed by atoms with Gasteiger partial charge in [-0.1, -0.05) is 6.07 Å². The summed E-state index contributed by atoms with van der Waals surface area (Å²) in [5, 5.41) is 2.65. The summed E-state index contributed by atoms with van der Waals surface area (Å²) in [6.45, 7) is 3.00. The molecule has 0 aromatic heterocycles. The van der Waals surface area contributed by atoms with Gasteiger partial charge in [0.2, 0.25) is 5.91 Å². The van der Waals surface area contributed by atoms with Gasteiger partial charge in [0, 0.05) is 20.1 Å². The molecule has 102 valence electrons. The Bertz CT molecular complexity index is 518. The van der Waals surface area contributed by atoms with Crippen molar-refractivity contribution in [3.8, 4) is 0 Å². The zero-order chi connectivity index (χ0) is 14.0. The molecule has 1 fully saturated rings. The molecule has 1 aliphatic rings. The van der Waals surface area contributed by atoms with E-state index in [-0.39, 0.29) is 11.5 Å². The fourth-order valence-electron chi connectivity index (χ4n) is 2.57. The third-order valence-corrected chi connectivity index (χ3v) is 3.74. The van der Waals surface area contributed by atoms with Crippen LogP contribution in [0.5, 0.6) is 0 Å². The normalized spacial score (nSPS) is 22.4. The minimum Gasteiger partial charge on any atom is -0.370 e. The van der Waals surface area contributed by atoms with Gasteiger partial charge in [0.15, 0.2) is 6.29 Å². The summed E-state index contributed by atoms with van der Waals surface area (Å²) in [5.74, 6) is -0.555. The Morgan fingerprint density at radius 3 is 2.89 bits per heavy atom. The first-order valence-electron chi connectivity index (χ1n) is 6.22. The van der Waals surface area contributed by atoms with Crippen molar-refractivity contribution in [1.29, 1.82) is 0 Å². The number of nitrogens with zero attached hydrogens (tertiary/aromatic N) is 1. The van der Waals surface area contributed by atoms with E-state index in [4.69, 9.17) is 0 Å². The molecule has 0 spiro atoms. The lowest BCUT2D eigenvalue weighted by molar-refractivity contribution is -0.128. The van der Waals surface area contributed by atoms with Crippen LogP contribution in [-0.2, 0) is 4.79 Å². The smallest absolute Gasteiger partial charge is 0.227 e. The van der Waals surface area contributed by atoms with E-state index < -0.39 is 11.2 Å². The van der Waals surface area contributed by atoms with Crippen LogP contribution >= 0.6 is 0 Å². The highest BCUT2D eigenvalue weighted by Gasteiger charge is 2.40. The fourth-order valence-corrected chi connectivity index (χ4v) is 2.57. The second-order valence-corrected chi connectivity index (χ2v) is 5.10. The van der Waals surface area contributed by atoms with E-state index in [1.807, 2.05) is 11.8 Å². The van der Waals surface area contributed by atoms with Crippen molar-refractivity contribution in [3.63, 3.8) is 0 Å². The van der Waals surface area contributed by atoms with Gasteiger partial charge in [-0.25, -0.2) is 4.39 Å². The molecule has 1 aliphatic heterocycles.